The van der Waals surface area contributed by atoms with Gasteiger partial charge in [0.15, 0.2) is 17.3 Å². The van der Waals surface area contributed by atoms with Gasteiger partial charge in [0.2, 0.25) is 5.78 Å². The molecule has 1 N–H and O–H groups in total. The highest BCUT2D eigenvalue weighted by molar-refractivity contribution is 6.14. The summed E-state index contributed by atoms with van der Waals surface area (Å²) in [7, 11) is 1.58. The quantitative estimate of drug-likeness (QED) is 0.847. The molecular weight excluding hydrogens is 308 g/mol. The largest absolute Gasteiger partial charge is 0.508 e. The molecule has 1 aliphatic heterocycles. The van der Waals surface area contributed by atoms with Crippen LogP contribution >= 0.6 is 0 Å². The molecule has 124 valence electrons. The molecule has 0 spiro atoms. The van der Waals surface area contributed by atoms with Crippen molar-refractivity contribution >= 4 is 11.9 Å². The number of rotatable bonds is 5. The summed E-state index contributed by atoms with van der Waals surface area (Å²) in [5.41, 5.74) is 1.21. The van der Waals surface area contributed by atoms with E-state index in [-0.39, 0.29) is 17.3 Å². The van der Waals surface area contributed by atoms with E-state index in [4.69, 9.17) is 14.2 Å². The molecule has 2 aromatic carbocycles. The molecule has 0 bridgehead atoms. The summed E-state index contributed by atoms with van der Waals surface area (Å²) < 4.78 is 16.5. The zero-order chi connectivity index (χ0) is 17.1. The average Bonchev–Trinajstić information content (AvgIpc) is 2.88. The Kier molecular flexibility index (Phi) is 4.42. The Labute approximate surface area is 140 Å². The van der Waals surface area contributed by atoms with Gasteiger partial charge in [-0.3, -0.25) is 4.79 Å². The Morgan fingerprint density at radius 2 is 2.00 bits per heavy atom. The fourth-order valence-electron chi connectivity index (χ4n) is 2.43. The highest BCUT2D eigenvalue weighted by Gasteiger charge is 2.27. The number of ketones is 1. The smallest absolute Gasteiger partial charge is 0.231 e. The van der Waals surface area contributed by atoms with Crippen molar-refractivity contribution in [1.82, 2.24) is 0 Å². The number of allylic oxidation sites excluding steroid dienone is 1. The number of hydrogen-bond donors (Lipinski definition) is 1. The molecule has 0 aromatic heterocycles. The van der Waals surface area contributed by atoms with Crippen molar-refractivity contribution in [3.05, 3.63) is 53.3 Å². The minimum atomic E-state index is -0.211. The van der Waals surface area contributed by atoms with Crippen molar-refractivity contribution < 1.29 is 24.1 Å². The van der Waals surface area contributed by atoms with Crippen molar-refractivity contribution in [2.75, 3.05) is 13.7 Å². The number of benzene rings is 2. The van der Waals surface area contributed by atoms with Gasteiger partial charge < -0.3 is 19.3 Å². The first-order chi connectivity index (χ1) is 11.6. The molecule has 2 aromatic rings. The minimum Gasteiger partial charge on any atom is -0.508 e. The summed E-state index contributed by atoms with van der Waals surface area (Å²) in [6, 6.07) is 9.86. The van der Waals surface area contributed by atoms with Crippen LogP contribution in [0.4, 0.5) is 0 Å². The molecule has 0 aliphatic carbocycles. The lowest BCUT2D eigenvalue weighted by Gasteiger charge is -2.10. The number of phenolic OH excluding ortho intramolecular Hbond substituents is 1. The predicted molar refractivity (Wildman–Crippen MR) is 89.8 cm³/mol. The van der Waals surface area contributed by atoms with Crippen molar-refractivity contribution in [1.29, 1.82) is 0 Å². The molecule has 1 aliphatic rings. The molecule has 0 radical (unpaired) electrons. The van der Waals surface area contributed by atoms with Crippen LogP contribution in [0.3, 0.4) is 0 Å². The van der Waals surface area contributed by atoms with E-state index in [1.165, 1.54) is 12.1 Å². The molecule has 5 nitrogen and oxygen atoms in total. The van der Waals surface area contributed by atoms with Crippen LogP contribution in [0.1, 0.15) is 29.3 Å². The maximum absolute atomic E-state index is 12.4. The van der Waals surface area contributed by atoms with Crippen LogP contribution in [0, 0.1) is 0 Å². The normalized spacial score (nSPS) is 14.4. The number of fused-ring (bicyclic) bond motifs is 1. The van der Waals surface area contributed by atoms with Gasteiger partial charge in [-0.1, -0.05) is 13.0 Å². The van der Waals surface area contributed by atoms with Gasteiger partial charge in [-0.15, -0.1) is 0 Å². The minimum absolute atomic E-state index is 0.0579. The fraction of sp³-hybridized carbons (Fsp3) is 0.211. The lowest BCUT2D eigenvalue weighted by molar-refractivity contribution is 0.101. The number of methoxy groups -OCH3 is 1. The van der Waals surface area contributed by atoms with Gasteiger partial charge in [0.1, 0.15) is 11.5 Å². The second-order valence-electron chi connectivity index (χ2n) is 5.38. The summed E-state index contributed by atoms with van der Waals surface area (Å²) in [4.78, 5) is 12.4. The Morgan fingerprint density at radius 3 is 2.75 bits per heavy atom. The first kappa shape index (κ1) is 15.9. The number of carbonyl (C=O) groups excluding carboxylic acids is 1. The van der Waals surface area contributed by atoms with E-state index < -0.39 is 0 Å². The van der Waals surface area contributed by atoms with Crippen molar-refractivity contribution in [3.8, 4) is 23.0 Å². The van der Waals surface area contributed by atoms with Crippen LogP contribution in [-0.4, -0.2) is 24.6 Å². The van der Waals surface area contributed by atoms with Crippen LogP contribution in [0.5, 0.6) is 23.0 Å². The number of Topliss-reactive ketones (excluding diaryl/α,β-unsaturated/α-hetero) is 1. The molecule has 0 fully saturated rings. The van der Waals surface area contributed by atoms with Crippen LogP contribution in [0.25, 0.3) is 6.08 Å². The zero-order valence-electron chi connectivity index (χ0n) is 13.5. The molecule has 0 amide bonds. The van der Waals surface area contributed by atoms with E-state index in [0.717, 1.165) is 12.0 Å². The van der Waals surface area contributed by atoms with Gasteiger partial charge in [-0.25, -0.2) is 0 Å². The number of phenols is 1. The lowest BCUT2D eigenvalue weighted by Crippen LogP contribution is -2.00. The molecule has 24 heavy (non-hydrogen) atoms. The number of ether oxygens (including phenoxy) is 3. The molecule has 5 heteroatoms. The highest BCUT2D eigenvalue weighted by atomic mass is 16.5. The predicted octanol–water partition coefficient (Wildman–Crippen LogP) is 3.81. The SMILES string of the molecule is CCCOc1cc(/C=C2/Oc3cc(O)ccc3C2=O)ccc1OC. The van der Waals surface area contributed by atoms with Crippen molar-refractivity contribution in [2.24, 2.45) is 0 Å². The summed E-state index contributed by atoms with van der Waals surface area (Å²) in [5.74, 6) is 1.68. The van der Waals surface area contributed by atoms with E-state index in [1.807, 2.05) is 13.0 Å². The van der Waals surface area contributed by atoms with E-state index in [0.29, 0.717) is 29.4 Å². The summed E-state index contributed by atoms with van der Waals surface area (Å²) in [6.45, 7) is 2.60. The Bertz CT molecular complexity index is 807. The summed E-state index contributed by atoms with van der Waals surface area (Å²) in [6.07, 6.45) is 2.53. The number of carbonyl (C=O) groups is 1. The van der Waals surface area contributed by atoms with Gasteiger partial charge >= 0.3 is 0 Å². The third-order valence-electron chi connectivity index (χ3n) is 3.60. The molecule has 0 atom stereocenters. The van der Waals surface area contributed by atoms with Crippen LogP contribution < -0.4 is 14.2 Å². The van der Waals surface area contributed by atoms with Crippen LogP contribution in [0.2, 0.25) is 0 Å². The molecule has 0 saturated carbocycles. The van der Waals surface area contributed by atoms with Crippen LogP contribution in [0.15, 0.2) is 42.2 Å². The van der Waals surface area contributed by atoms with Gasteiger partial charge in [0.25, 0.3) is 0 Å². The molecule has 0 unspecified atom stereocenters. The number of hydrogen-bond acceptors (Lipinski definition) is 5. The van der Waals surface area contributed by atoms with Gasteiger partial charge in [0, 0.05) is 6.07 Å². The first-order valence-electron chi connectivity index (χ1n) is 7.70. The van der Waals surface area contributed by atoms with E-state index in [2.05, 4.69) is 0 Å². The van der Waals surface area contributed by atoms with Crippen molar-refractivity contribution in [2.45, 2.75) is 13.3 Å². The summed E-state index contributed by atoms with van der Waals surface area (Å²) in [5, 5.41) is 9.49. The molecule has 0 saturated heterocycles. The zero-order valence-corrected chi connectivity index (χ0v) is 13.5. The Balaban J connectivity index is 1.90. The van der Waals surface area contributed by atoms with E-state index >= 15 is 0 Å². The molecule has 3 rings (SSSR count). The second-order valence-corrected chi connectivity index (χ2v) is 5.38. The Morgan fingerprint density at radius 1 is 1.17 bits per heavy atom. The molecular formula is C19H18O5. The van der Waals surface area contributed by atoms with Crippen LogP contribution in [-0.2, 0) is 0 Å². The van der Waals surface area contributed by atoms with Gasteiger partial charge in [0.05, 0.1) is 19.3 Å². The van der Waals surface area contributed by atoms with E-state index in [9.17, 15) is 9.90 Å². The second kappa shape index (κ2) is 6.66. The third kappa shape index (κ3) is 3.06. The van der Waals surface area contributed by atoms with E-state index in [1.54, 1.807) is 31.4 Å². The Hall–Kier alpha value is -2.95. The first-order valence-corrected chi connectivity index (χ1v) is 7.70. The maximum atomic E-state index is 12.4. The average molecular weight is 326 g/mol. The highest BCUT2D eigenvalue weighted by Crippen LogP contribution is 2.35. The third-order valence-corrected chi connectivity index (χ3v) is 3.60. The van der Waals surface area contributed by atoms with Gasteiger partial charge in [-0.05, 0) is 42.3 Å². The van der Waals surface area contributed by atoms with Gasteiger partial charge in [-0.2, -0.15) is 0 Å². The topological polar surface area (TPSA) is 65.0 Å². The molecule has 1 heterocycles. The monoisotopic (exact) mass is 326 g/mol. The maximum Gasteiger partial charge on any atom is 0.231 e. The lowest BCUT2D eigenvalue weighted by atomic mass is 10.1. The standard InChI is InChI=1S/C19H18O5/c1-3-8-23-17-9-12(4-7-15(17)22-2)10-18-19(21)14-6-5-13(20)11-16(14)24-18/h4-7,9-11,20H,3,8H2,1-2H3/b18-10+. The fourth-order valence-corrected chi connectivity index (χ4v) is 2.43. The van der Waals surface area contributed by atoms with Crippen molar-refractivity contribution in [3.63, 3.8) is 0 Å². The number of aromatic hydroxyl groups is 1. The summed E-state index contributed by atoms with van der Waals surface area (Å²) >= 11 is 0.